The van der Waals surface area contributed by atoms with Crippen molar-refractivity contribution in [2.75, 3.05) is 26.2 Å². The van der Waals surface area contributed by atoms with Crippen LogP contribution in [0.3, 0.4) is 0 Å². The van der Waals surface area contributed by atoms with E-state index in [0.717, 1.165) is 18.4 Å². The van der Waals surface area contributed by atoms with E-state index in [1.54, 1.807) is 16.7 Å². The van der Waals surface area contributed by atoms with E-state index in [9.17, 15) is 14.4 Å². The van der Waals surface area contributed by atoms with Gasteiger partial charge in [0.2, 0.25) is 0 Å². The first-order valence-electron chi connectivity index (χ1n) is 14.2. The minimum Gasteiger partial charge on any atom is -0.458 e. The second kappa shape index (κ2) is 13.8. The third-order valence-electron chi connectivity index (χ3n) is 7.31. The van der Waals surface area contributed by atoms with E-state index in [1.807, 2.05) is 61.5 Å². The van der Waals surface area contributed by atoms with Gasteiger partial charge < -0.3 is 14.5 Å². The number of carbonyl (C=O) groups is 3. The number of esters is 1. The zero-order valence-electron chi connectivity index (χ0n) is 24.1. The molecule has 0 saturated carbocycles. The van der Waals surface area contributed by atoms with Crippen molar-refractivity contribution in [2.24, 2.45) is 0 Å². The minimum atomic E-state index is -0.676. The maximum atomic E-state index is 13.9. The highest BCUT2D eigenvalue weighted by Gasteiger charge is 2.34. The van der Waals surface area contributed by atoms with Crippen LogP contribution < -0.4 is 0 Å². The number of hydrogen-bond acceptors (Lipinski definition) is 6. The number of nitrogens with zero attached hydrogens (tertiary/aromatic N) is 4. The Kier molecular flexibility index (Phi) is 10.0. The molecule has 2 amide bonds. The third-order valence-corrected chi connectivity index (χ3v) is 7.31. The maximum absolute atomic E-state index is 13.9. The lowest BCUT2D eigenvalue weighted by Crippen LogP contribution is -2.55. The van der Waals surface area contributed by atoms with Gasteiger partial charge in [0, 0.05) is 36.8 Å². The fraction of sp³-hybridized carbons (Fsp3) is 0.364. The van der Waals surface area contributed by atoms with Gasteiger partial charge in [-0.1, -0.05) is 74.9 Å². The molecule has 1 atom stereocenters. The first kappa shape index (κ1) is 29.6. The molecule has 0 aliphatic carbocycles. The SMILES string of the molecule is C=CCOC(=O)c1c(C)nc(-c2ccccc2)nc1C(=O)N1CCN(C(=O)c2ccc(CCCCC)cc2)C(C)C1. The molecule has 41 heavy (non-hydrogen) atoms. The number of benzene rings is 2. The van der Waals surface area contributed by atoms with Crippen LogP contribution in [0.1, 0.15) is 75.6 Å². The van der Waals surface area contributed by atoms with Crippen LogP contribution in [0.5, 0.6) is 0 Å². The van der Waals surface area contributed by atoms with Gasteiger partial charge in [0.25, 0.3) is 11.8 Å². The zero-order chi connectivity index (χ0) is 29.4. The van der Waals surface area contributed by atoms with Crippen molar-refractivity contribution in [1.29, 1.82) is 0 Å². The van der Waals surface area contributed by atoms with Gasteiger partial charge in [-0.15, -0.1) is 0 Å². The van der Waals surface area contributed by atoms with Gasteiger partial charge in [-0.3, -0.25) is 9.59 Å². The monoisotopic (exact) mass is 554 g/mol. The average Bonchev–Trinajstić information content (AvgIpc) is 2.99. The number of carbonyl (C=O) groups excluding carboxylic acids is 3. The number of amides is 2. The topological polar surface area (TPSA) is 92.7 Å². The summed E-state index contributed by atoms with van der Waals surface area (Å²) in [5.41, 5.74) is 3.00. The van der Waals surface area contributed by atoms with Gasteiger partial charge in [0.1, 0.15) is 17.9 Å². The Morgan fingerprint density at radius 3 is 2.39 bits per heavy atom. The van der Waals surface area contributed by atoms with Gasteiger partial charge in [-0.05, 0) is 44.4 Å². The van der Waals surface area contributed by atoms with Crippen LogP contribution in [0.25, 0.3) is 11.4 Å². The molecule has 1 saturated heterocycles. The van der Waals surface area contributed by atoms with Crippen LogP contribution in [-0.2, 0) is 11.2 Å². The molecule has 8 heteroatoms. The molecule has 1 aliphatic rings. The molecule has 1 aliphatic heterocycles. The number of hydrogen-bond donors (Lipinski definition) is 0. The lowest BCUT2D eigenvalue weighted by molar-refractivity contribution is 0.0407. The Morgan fingerprint density at radius 2 is 1.73 bits per heavy atom. The molecule has 1 fully saturated rings. The molecule has 2 heterocycles. The second-order valence-corrected chi connectivity index (χ2v) is 10.4. The molecule has 0 N–H and O–H groups in total. The molecule has 1 aromatic heterocycles. The van der Waals surface area contributed by atoms with Crippen molar-refractivity contribution in [3.05, 3.63) is 95.3 Å². The minimum absolute atomic E-state index is 0.00365. The van der Waals surface area contributed by atoms with E-state index in [1.165, 1.54) is 24.5 Å². The van der Waals surface area contributed by atoms with Crippen molar-refractivity contribution in [1.82, 2.24) is 19.8 Å². The fourth-order valence-corrected chi connectivity index (χ4v) is 5.05. The molecule has 0 radical (unpaired) electrons. The molecule has 0 bridgehead atoms. The summed E-state index contributed by atoms with van der Waals surface area (Å²) in [7, 11) is 0. The summed E-state index contributed by atoms with van der Waals surface area (Å²) in [4.78, 5) is 52.7. The summed E-state index contributed by atoms with van der Waals surface area (Å²) in [5.74, 6) is -0.770. The number of ether oxygens (including phenoxy) is 1. The number of unbranched alkanes of at least 4 members (excludes halogenated alkanes) is 2. The summed E-state index contributed by atoms with van der Waals surface area (Å²) < 4.78 is 5.28. The van der Waals surface area contributed by atoms with Crippen molar-refractivity contribution in [2.45, 2.75) is 52.5 Å². The maximum Gasteiger partial charge on any atom is 0.342 e. The van der Waals surface area contributed by atoms with Crippen molar-refractivity contribution in [3.8, 4) is 11.4 Å². The molecule has 214 valence electrons. The van der Waals surface area contributed by atoms with Gasteiger partial charge in [-0.25, -0.2) is 14.8 Å². The van der Waals surface area contributed by atoms with Crippen LogP contribution >= 0.6 is 0 Å². The first-order valence-corrected chi connectivity index (χ1v) is 14.2. The Balaban J connectivity index is 1.53. The summed E-state index contributed by atoms with van der Waals surface area (Å²) in [6.45, 7) is 10.4. The fourth-order valence-electron chi connectivity index (χ4n) is 5.05. The largest absolute Gasteiger partial charge is 0.458 e. The van der Waals surface area contributed by atoms with Gasteiger partial charge >= 0.3 is 5.97 Å². The van der Waals surface area contributed by atoms with E-state index in [4.69, 9.17) is 4.74 Å². The highest BCUT2D eigenvalue weighted by molar-refractivity contribution is 6.05. The van der Waals surface area contributed by atoms with Crippen LogP contribution in [0.4, 0.5) is 0 Å². The molecule has 1 unspecified atom stereocenters. The van der Waals surface area contributed by atoms with E-state index < -0.39 is 11.9 Å². The molecular weight excluding hydrogens is 516 g/mol. The van der Waals surface area contributed by atoms with Crippen LogP contribution in [0.2, 0.25) is 0 Å². The van der Waals surface area contributed by atoms with Crippen molar-refractivity contribution < 1.29 is 19.1 Å². The van der Waals surface area contributed by atoms with E-state index >= 15 is 0 Å². The molecule has 3 aromatic rings. The van der Waals surface area contributed by atoms with Crippen molar-refractivity contribution in [3.63, 3.8) is 0 Å². The molecule has 2 aromatic carbocycles. The normalized spacial score (nSPS) is 15.0. The predicted molar refractivity (Wildman–Crippen MR) is 159 cm³/mol. The smallest absolute Gasteiger partial charge is 0.342 e. The summed E-state index contributed by atoms with van der Waals surface area (Å²) >= 11 is 0. The van der Waals surface area contributed by atoms with Crippen molar-refractivity contribution >= 4 is 17.8 Å². The Labute approximate surface area is 242 Å². The van der Waals surface area contributed by atoms with Gasteiger partial charge in [-0.2, -0.15) is 0 Å². The summed E-state index contributed by atoms with van der Waals surface area (Å²) in [5, 5.41) is 0. The third kappa shape index (κ3) is 7.06. The zero-order valence-corrected chi connectivity index (χ0v) is 24.1. The highest BCUT2D eigenvalue weighted by atomic mass is 16.5. The Bertz CT molecular complexity index is 1390. The van der Waals surface area contributed by atoms with Crippen LogP contribution in [-0.4, -0.2) is 69.8 Å². The van der Waals surface area contributed by atoms with E-state index in [2.05, 4.69) is 23.5 Å². The van der Waals surface area contributed by atoms with E-state index in [0.29, 0.717) is 36.7 Å². The molecule has 8 nitrogen and oxygen atoms in total. The number of aromatic nitrogens is 2. The lowest BCUT2D eigenvalue weighted by atomic mass is 10.0. The lowest BCUT2D eigenvalue weighted by Gasteiger charge is -2.40. The Hall–Kier alpha value is -4.33. The van der Waals surface area contributed by atoms with Gasteiger partial charge in [0.15, 0.2) is 5.82 Å². The average molecular weight is 555 g/mol. The second-order valence-electron chi connectivity index (χ2n) is 10.4. The first-order chi connectivity index (χ1) is 19.8. The molecular formula is C33H38N4O4. The highest BCUT2D eigenvalue weighted by Crippen LogP contribution is 2.23. The van der Waals surface area contributed by atoms with Crippen LogP contribution in [0, 0.1) is 6.92 Å². The molecule has 4 rings (SSSR count). The standard InChI is InChI=1S/C33H38N4O4/c1-5-7-9-12-25-15-17-27(18-16-25)31(38)37-20-19-36(22-23(37)3)32(39)29-28(33(40)41-21-6-2)24(4)34-30(35-29)26-13-10-8-11-14-26/h6,8,10-11,13-18,23H,2,5,7,9,12,19-22H2,1,3-4H3. The number of aryl methyl sites for hydroxylation is 2. The summed E-state index contributed by atoms with van der Waals surface area (Å²) in [6.07, 6.45) is 5.99. The van der Waals surface area contributed by atoms with E-state index in [-0.39, 0.29) is 29.8 Å². The van der Waals surface area contributed by atoms with Gasteiger partial charge in [0.05, 0.1) is 5.69 Å². The molecule has 0 spiro atoms. The summed E-state index contributed by atoms with van der Waals surface area (Å²) in [6, 6.07) is 16.9. The quantitative estimate of drug-likeness (QED) is 0.186. The Morgan fingerprint density at radius 1 is 1.00 bits per heavy atom. The van der Waals surface area contributed by atoms with Crippen LogP contribution in [0.15, 0.2) is 67.3 Å². The predicted octanol–water partition coefficient (Wildman–Crippen LogP) is 5.51. The number of piperazine rings is 1. The number of rotatable bonds is 10.